The molecule has 0 atom stereocenters. The van der Waals surface area contributed by atoms with Gasteiger partial charge in [-0.25, -0.2) is 13.8 Å². The molecule has 1 aromatic carbocycles. The van der Waals surface area contributed by atoms with E-state index in [4.69, 9.17) is 5.11 Å². The summed E-state index contributed by atoms with van der Waals surface area (Å²) in [7, 11) is 0. The first kappa shape index (κ1) is 15.1. The molecule has 0 spiro atoms. The molecular formula is C13H10BrF2NO2S. The maximum absolute atomic E-state index is 13.5. The Bertz CT molecular complexity index is 685. The van der Waals surface area contributed by atoms with Gasteiger partial charge < -0.3 is 5.11 Å². The monoisotopic (exact) mass is 361 g/mol. The second kappa shape index (κ2) is 5.21. The van der Waals surface area contributed by atoms with E-state index in [0.29, 0.717) is 16.3 Å². The summed E-state index contributed by atoms with van der Waals surface area (Å²) in [5.41, 5.74) is -0.372. The largest absolute Gasteiger partial charge is 0.481 e. The van der Waals surface area contributed by atoms with E-state index in [0.717, 1.165) is 6.07 Å². The summed E-state index contributed by atoms with van der Waals surface area (Å²) in [5, 5.41) is 11.2. The van der Waals surface area contributed by atoms with Crippen molar-refractivity contribution in [2.24, 2.45) is 0 Å². The Morgan fingerprint density at radius 3 is 2.65 bits per heavy atom. The van der Waals surface area contributed by atoms with Crippen molar-refractivity contribution in [1.29, 1.82) is 0 Å². The number of carbonyl (C=O) groups is 1. The molecule has 7 heteroatoms. The molecule has 0 aliphatic carbocycles. The average Bonchev–Trinajstić information content (AvgIpc) is 2.86. The minimum absolute atomic E-state index is 0.0217. The van der Waals surface area contributed by atoms with Crippen LogP contribution in [0.1, 0.15) is 19.5 Å². The number of carboxylic acids is 1. The van der Waals surface area contributed by atoms with Gasteiger partial charge in [0.2, 0.25) is 0 Å². The normalized spacial score (nSPS) is 11.7. The lowest BCUT2D eigenvalue weighted by Gasteiger charge is -2.15. The molecule has 0 saturated heterocycles. The summed E-state index contributed by atoms with van der Waals surface area (Å²) < 4.78 is 26.6. The number of aromatic nitrogens is 1. The summed E-state index contributed by atoms with van der Waals surface area (Å²) in [6, 6.07) is 2.41. The van der Waals surface area contributed by atoms with Crippen LogP contribution >= 0.6 is 27.3 Å². The molecule has 3 nitrogen and oxygen atoms in total. The van der Waals surface area contributed by atoms with E-state index in [1.165, 1.54) is 31.3 Å². The first-order chi connectivity index (χ1) is 9.25. The van der Waals surface area contributed by atoms with Gasteiger partial charge in [0.05, 0.1) is 10.2 Å². The Balaban J connectivity index is 2.50. The van der Waals surface area contributed by atoms with Crippen molar-refractivity contribution in [2.75, 3.05) is 0 Å². The third-order valence-electron chi connectivity index (χ3n) is 2.94. The van der Waals surface area contributed by atoms with Gasteiger partial charge >= 0.3 is 5.97 Å². The number of rotatable bonds is 3. The molecule has 1 aromatic heterocycles. The minimum atomic E-state index is -1.14. The van der Waals surface area contributed by atoms with Crippen LogP contribution in [0.3, 0.4) is 0 Å². The van der Waals surface area contributed by atoms with Crippen LogP contribution in [0.15, 0.2) is 22.0 Å². The SMILES string of the molecule is CC(C)(C(=O)O)c1csc(-c2ccc(F)c(F)c2Br)n1. The molecule has 1 N–H and O–H groups in total. The van der Waals surface area contributed by atoms with E-state index in [-0.39, 0.29) is 4.47 Å². The fourth-order valence-electron chi connectivity index (χ4n) is 1.49. The van der Waals surface area contributed by atoms with Crippen molar-refractivity contribution in [3.8, 4) is 10.6 Å². The van der Waals surface area contributed by atoms with Crippen LogP contribution in [-0.2, 0) is 10.2 Å². The third-order valence-corrected chi connectivity index (χ3v) is 4.60. The van der Waals surface area contributed by atoms with Gasteiger partial charge in [-0.3, -0.25) is 4.79 Å². The number of hydrogen-bond acceptors (Lipinski definition) is 3. The van der Waals surface area contributed by atoms with E-state index in [2.05, 4.69) is 20.9 Å². The molecule has 2 rings (SSSR count). The van der Waals surface area contributed by atoms with Gasteiger partial charge in [-0.05, 0) is 41.9 Å². The van der Waals surface area contributed by atoms with E-state index in [1.54, 1.807) is 5.38 Å². The lowest BCUT2D eigenvalue weighted by molar-refractivity contribution is -0.142. The van der Waals surface area contributed by atoms with Crippen LogP contribution in [-0.4, -0.2) is 16.1 Å². The molecule has 106 valence electrons. The van der Waals surface area contributed by atoms with Gasteiger partial charge in [-0.1, -0.05) is 0 Å². The lowest BCUT2D eigenvalue weighted by Crippen LogP contribution is -2.28. The molecule has 0 saturated carbocycles. The number of thiazole rings is 1. The number of halogens is 3. The molecular weight excluding hydrogens is 352 g/mol. The molecule has 0 bridgehead atoms. The van der Waals surface area contributed by atoms with Gasteiger partial charge in [-0.15, -0.1) is 11.3 Å². The zero-order valence-electron chi connectivity index (χ0n) is 10.6. The highest BCUT2D eigenvalue weighted by atomic mass is 79.9. The van der Waals surface area contributed by atoms with Crippen molar-refractivity contribution in [2.45, 2.75) is 19.3 Å². The summed E-state index contributed by atoms with van der Waals surface area (Å²) in [5.74, 6) is -2.95. The third kappa shape index (κ3) is 2.47. The maximum Gasteiger partial charge on any atom is 0.315 e. The van der Waals surface area contributed by atoms with Crippen LogP contribution in [0.5, 0.6) is 0 Å². The Kier molecular flexibility index (Phi) is 3.93. The highest BCUT2D eigenvalue weighted by Gasteiger charge is 2.32. The van der Waals surface area contributed by atoms with Crippen LogP contribution in [0.25, 0.3) is 10.6 Å². The number of hydrogen-bond donors (Lipinski definition) is 1. The smallest absolute Gasteiger partial charge is 0.315 e. The second-order valence-electron chi connectivity index (χ2n) is 4.69. The first-order valence-corrected chi connectivity index (χ1v) is 7.25. The number of benzene rings is 1. The standard InChI is InChI=1S/C13H10BrF2NO2S/c1-13(2,12(18)19)8-5-20-11(17-8)6-3-4-7(15)10(16)9(6)14/h3-5H,1-2H3,(H,18,19). The first-order valence-electron chi connectivity index (χ1n) is 5.58. The molecule has 0 aliphatic heterocycles. The fourth-order valence-corrected chi connectivity index (χ4v) is 3.14. The fraction of sp³-hybridized carbons (Fsp3) is 0.231. The van der Waals surface area contributed by atoms with Crippen LogP contribution in [0, 0.1) is 11.6 Å². The zero-order valence-corrected chi connectivity index (χ0v) is 13.0. The molecule has 0 amide bonds. The zero-order chi connectivity index (χ0) is 15.1. The van der Waals surface area contributed by atoms with E-state index in [9.17, 15) is 13.6 Å². The maximum atomic E-state index is 13.5. The molecule has 20 heavy (non-hydrogen) atoms. The Hall–Kier alpha value is -1.34. The average molecular weight is 362 g/mol. The molecule has 0 fully saturated rings. The van der Waals surface area contributed by atoms with Crippen LogP contribution < -0.4 is 0 Å². The quantitative estimate of drug-likeness (QED) is 0.832. The predicted octanol–water partition coefficient (Wildman–Crippen LogP) is 4.21. The van der Waals surface area contributed by atoms with Crippen LogP contribution in [0.4, 0.5) is 8.78 Å². The Labute approximate surface area is 126 Å². The minimum Gasteiger partial charge on any atom is -0.481 e. The summed E-state index contributed by atoms with van der Waals surface area (Å²) >= 11 is 4.17. The molecule has 2 aromatic rings. The summed E-state index contributed by atoms with van der Waals surface area (Å²) in [6.07, 6.45) is 0. The van der Waals surface area contributed by atoms with Gasteiger partial charge in [0.1, 0.15) is 10.4 Å². The topological polar surface area (TPSA) is 50.2 Å². The second-order valence-corrected chi connectivity index (χ2v) is 6.34. The van der Waals surface area contributed by atoms with Crippen molar-refractivity contribution in [1.82, 2.24) is 4.98 Å². The van der Waals surface area contributed by atoms with E-state index < -0.39 is 23.0 Å². The lowest BCUT2D eigenvalue weighted by atomic mass is 9.90. The van der Waals surface area contributed by atoms with Gasteiger partial charge in [0, 0.05) is 10.9 Å². The number of nitrogens with zero attached hydrogens (tertiary/aromatic N) is 1. The van der Waals surface area contributed by atoms with Gasteiger partial charge in [0.25, 0.3) is 0 Å². The molecule has 1 heterocycles. The Morgan fingerprint density at radius 2 is 2.05 bits per heavy atom. The summed E-state index contributed by atoms with van der Waals surface area (Å²) in [6.45, 7) is 3.07. The molecule has 0 unspecified atom stereocenters. The van der Waals surface area contributed by atoms with Crippen molar-refractivity contribution < 1.29 is 18.7 Å². The predicted molar refractivity (Wildman–Crippen MR) is 75.8 cm³/mol. The Morgan fingerprint density at radius 1 is 1.40 bits per heavy atom. The van der Waals surface area contributed by atoms with Crippen molar-refractivity contribution in [3.05, 3.63) is 39.3 Å². The highest BCUT2D eigenvalue weighted by molar-refractivity contribution is 9.10. The van der Waals surface area contributed by atoms with E-state index in [1.807, 2.05) is 0 Å². The van der Waals surface area contributed by atoms with Gasteiger partial charge in [0.15, 0.2) is 11.6 Å². The summed E-state index contributed by atoms with van der Waals surface area (Å²) in [4.78, 5) is 15.4. The number of carboxylic acid groups (broad SMARTS) is 1. The van der Waals surface area contributed by atoms with Crippen molar-refractivity contribution in [3.63, 3.8) is 0 Å². The van der Waals surface area contributed by atoms with E-state index >= 15 is 0 Å². The van der Waals surface area contributed by atoms with Crippen LogP contribution in [0.2, 0.25) is 0 Å². The highest BCUT2D eigenvalue weighted by Crippen LogP contribution is 2.35. The van der Waals surface area contributed by atoms with Gasteiger partial charge in [-0.2, -0.15) is 0 Å². The molecule has 0 radical (unpaired) electrons. The molecule has 0 aliphatic rings. The number of aliphatic carboxylic acids is 1. The van der Waals surface area contributed by atoms with Crippen molar-refractivity contribution >= 4 is 33.2 Å².